The molecular weight excluding hydrogens is 406 g/mol. The standard InChI is InChI=1S/C23H25ClNO3S/c1-4-25-14-6-8-19(28-15(2)26)23(25)21(16-10-12-17(24)13-11-16)22-18(25)7-5-9-20(22)29(3)27/h5,7,9-13,19H,4,6,8,14H2,1-3H3/q+1. The van der Waals surface area contributed by atoms with Crippen LogP contribution in [0.25, 0.3) is 5.57 Å². The van der Waals surface area contributed by atoms with E-state index in [1.54, 1.807) is 6.26 Å². The summed E-state index contributed by atoms with van der Waals surface area (Å²) in [5, 5.41) is 0.668. The Morgan fingerprint density at radius 1 is 1.24 bits per heavy atom. The van der Waals surface area contributed by atoms with Gasteiger partial charge >= 0.3 is 5.97 Å². The molecule has 29 heavy (non-hydrogen) atoms. The zero-order valence-corrected chi connectivity index (χ0v) is 18.5. The first-order chi connectivity index (χ1) is 13.9. The van der Waals surface area contributed by atoms with Crippen LogP contribution in [0.4, 0.5) is 5.69 Å². The summed E-state index contributed by atoms with van der Waals surface area (Å²) in [6, 6.07) is 13.8. The minimum atomic E-state index is -1.14. The van der Waals surface area contributed by atoms with Crippen LogP contribution in [0.5, 0.6) is 0 Å². The average Bonchev–Trinajstić information content (AvgIpc) is 3.00. The van der Waals surface area contributed by atoms with Gasteiger partial charge in [-0.05, 0) is 37.1 Å². The van der Waals surface area contributed by atoms with Crippen molar-refractivity contribution in [2.24, 2.45) is 0 Å². The number of hydrogen-bond acceptors (Lipinski definition) is 3. The summed E-state index contributed by atoms with van der Waals surface area (Å²) in [4.78, 5) is 12.7. The SMILES string of the molecule is CC[N+]12CCCC(OC(C)=O)C1=C(c1ccc(Cl)cc1)c1c(S(C)=O)cccc12. The Morgan fingerprint density at radius 3 is 2.59 bits per heavy atom. The molecule has 0 amide bonds. The Morgan fingerprint density at radius 2 is 1.97 bits per heavy atom. The van der Waals surface area contributed by atoms with Crippen LogP contribution in [-0.4, -0.2) is 35.6 Å². The number of fused-ring (bicyclic) bond motifs is 3. The number of rotatable bonds is 4. The van der Waals surface area contributed by atoms with E-state index in [-0.39, 0.29) is 12.1 Å². The highest BCUT2D eigenvalue weighted by Gasteiger charge is 2.52. The molecule has 6 heteroatoms. The van der Waals surface area contributed by atoms with E-state index in [4.69, 9.17) is 16.3 Å². The number of carbonyl (C=O) groups is 1. The minimum Gasteiger partial charge on any atom is -0.452 e. The highest BCUT2D eigenvalue weighted by molar-refractivity contribution is 7.84. The predicted molar refractivity (Wildman–Crippen MR) is 118 cm³/mol. The van der Waals surface area contributed by atoms with Crippen LogP contribution in [0.3, 0.4) is 0 Å². The normalized spacial score (nSPS) is 24.1. The number of piperidine rings is 1. The van der Waals surface area contributed by atoms with Gasteiger partial charge in [0.15, 0.2) is 11.8 Å². The summed E-state index contributed by atoms with van der Waals surface area (Å²) in [7, 11) is -1.14. The fourth-order valence-corrected chi connectivity index (χ4v) is 5.81. The van der Waals surface area contributed by atoms with Crippen molar-refractivity contribution < 1.29 is 13.7 Å². The van der Waals surface area contributed by atoms with Crippen molar-refractivity contribution in [3.63, 3.8) is 0 Å². The number of benzene rings is 2. The minimum absolute atomic E-state index is 0.274. The molecule has 2 heterocycles. The molecule has 3 atom stereocenters. The fraction of sp³-hybridized carbons (Fsp3) is 0.348. The first-order valence-electron chi connectivity index (χ1n) is 9.91. The van der Waals surface area contributed by atoms with Gasteiger partial charge in [0, 0.05) is 30.7 Å². The molecule has 0 aliphatic carbocycles. The van der Waals surface area contributed by atoms with Gasteiger partial charge in [0.25, 0.3) is 0 Å². The third kappa shape index (κ3) is 3.25. The molecule has 0 aromatic heterocycles. The summed E-state index contributed by atoms with van der Waals surface area (Å²) in [5.74, 6) is -0.274. The van der Waals surface area contributed by atoms with Crippen molar-refractivity contribution in [3.8, 4) is 0 Å². The Hall–Kier alpha value is -1.95. The Balaban J connectivity index is 2.09. The lowest BCUT2D eigenvalue weighted by atomic mass is 9.93. The summed E-state index contributed by atoms with van der Waals surface area (Å²) in [5.41, 5.74) is 5.32. The number of ether oxygens (including phenoxy) is 1. The first-order valence-corrected chi connectivity index (χ1v) is 11.8. The Bertz CT molecular complexity index is 1030. The second-order valence-electron chi connectivity index (χ2n) is 7.62. The maximum absolute atomic E-state index is 12.7. The third-order valence-electron chi connectivity index (χ3n) is 6.03. The topological polar surface area (TPSA) is 43.4 Å². The second kappa shape index (κ2) is 7.71. The molecule has 152 valence electrons. The smallest absolute Gasteiger partial charge is 0.303 e. The van der Waals surface area contributed by atoms with Crippen LogP contribution < -0.4 is 4.48 Å². The van der Waals surface area contributed by atoms with Crippen LogP contribution in [-0.2, 0) is 20.3 Å². The summed E-state index contributed by atoms with van der Waals surface area (Å²) in [6.07, 6.45) is 3.18. The van der Waals surface area contributed by atoms with Crippen LogP contribution >= 0.6 is 11.6 Å². The van der Waals surface area contributed by atoms with Crippen molar-refractivity contribution in [1.29, 1.82) is 0 Å². The van der Waals surface area contributed by atoms with Gasteiger partial charge in [-0.2, -0.15) is 0 Å². The van der Waals surface area contributed by atoms with E-state index in [0.717, 1.165) is 58.9 Å². The molecule has 0 bridgehead atoms. The van der Waals surface area contributed by atoms with Crippen LogP contribution in [0.2, 0.25) is 5.02 Å². The molecule has 1 fully saturated rings. The molecule has 2 aromatic carbocycles. The van der Waals surface area contributed by atoms with Gasteiger partial charge in [0.05, 0.1) is 39.9 Å². The van der Waals surface area contributed by atoms with Gasteiger partial charge in [-0.15, -0.1) is 0 Å². The summed E-state index contributed by atoms with van der Waals surface area (Å²) in [6.45, 7) is 5.41. The lowest BCUT2D eigenvalue weighted by molar-refractivity contribution is -0.146. The molecule has 0 N–H and O–H groups in total. The fourth-order valence-electron chi connectivity index (χ4n) is 4.92. The van der Waals surface area contributed by atoms with Crippen molar-refractivity contribution in [1.82, 2.24) is 4.48 Å². The molecule has 1 saturated heterocycles. The maximum Gasteiger partial charge on any atom is 0.303 e. The lowest BCUT2D eigenvalue weighted by Gasteiger charge is -2.42. The number of likely N-dealkylation sites (N-methyl/N-ethyl adjacent to an activating group) is 1. The molecule has 0 radical (unpaired) electrons. The number of hydrogen-bond donors (Lipinski definition) is 0. The Kier molecular flexibility index (Phi) is 5.40. The average molecular weight is 431 g/mol. The number of quaternary nitrogens is 1. The van der Waals surface area contributed by atoms with Gasteiger partial charge in [-0.3, -0.25) is 13.5 Å². The molecule has 2 aliphatic heterocycles. The molecule has 2 aromatic rings. The van der Waals surface area contributed by atoms with Crippen molar-refractivity contribution in [2.75, 3.05) is 19.3 Å². The van der Waals surface area contributed by atoms with E-state index in [9.17, 15) is 9.00 Å². The van der Waals surface area contributed by atoms with Crippen molar-refractivity contribution in [3.05, 3.63) is 64.3 Å². The van der Waals surface area contributed by atoms with E-state index >= 15 is 0 Å². The molecule has 3 unspecified atom stereocenters. The molecular formula is C23H25ClNO3S+. The van der Waals surface area contributed by atoms with Crippen LogP contribution in [0.15, 0.2) is 53.1 Å². The molecule has 2 aliphatic rings. The Labute approximate surface area is 179 Å². The summed E-state index contributed by atoms with van der Waals surface area (Å²) >= 11 is 6.15. The zero-order valence-electron chi connectivity index (χ0n) is 16.9. The quantitative estimate of drug-likeness (QED) is 0.511. The largest absolute Gasteiger partial charge is 0.452 e. The van der Waals surface area contributed by atoms with Gasteiger partial charge in [0.1, 0.15) is 5.69 Å². The number of nitrogens with zero attached hydrogens (tertiary/aromatic N) is 1. The lowest BCUT2D eigenvalue weighted by Crippen LogP contribution is -2.54. The highest BCUT2D eigenvalue weighted by Crippen LogP contribution is 2.53. The highest BCUT2D eigenvalue weighted by atomic mass is 35.5. The first kappa shape index (κ1) is 20.3. The number of carbonyl (C=O) groups excluding carboxylic acids is 1. The predicted octanol–water partition coefficient (Wildman–Crippen LogP) is 4.90. The van der Waals surface area contributed by atoms with Crippen LogP contribution in [0.1, 0.15) is 37.8 Å². The van der Waals surface area contributed by atoms with Crippen LogP contribution in [0, 0.1) is 0 Å². The number of halogens is 1. The molecule has 0 spiro atoms. The molecule has 4 rings (SSSR count). The van der Waals surface area contributed by atoms with Crippen molar-refractivity contribution in [2.45, 2.75) is 37.7 Å². The van der Waals surface area contributed by atoms with Crippen molar-refractivity contribution >= 4 is 39.6 Å². The van der Waals surface area contributed by atoms with E-state index in [2.05, 4.69) is 13.0 Å². The van der Waals surface area contributed by atoms with Gasteiger partial charge in [-0.1, -0.05) is 29.8 Å². The molecule has 4 nitrogen and oxygen atoms in total. The third-order valence-corrected chi connectivity index (χ3v) is 7.25. The van der Waals surface area contributed by atoms with E-state index in [1.807, 2.05) is 36.4 Å². The van der Waals surface area contributed by atoms with Gasteiger partial charge in [-0.25, -0.2) is 0 Å². The van der Waals surface area contributed by atoms with E-state index < -0.39 is 10.8 Å². The van der Waals surface area contributed by atoms with Gasteiger partial charge in [0.2, 0.25) is 0 Å². The second-order valence-corrected chi connectivity index (χ2v) is 9.40. The van der Waals surface area contributed by atoms with E-state index in [0.29, 0.717) is 9.51 Å². The van der Waals surface area contributed by atoms with E-state index in [1.165, 1.54) is 6.92 Å². The van der Waals surface area contributed by atoms with Gasteiger partial charge < -0.3 is 4.74 Å². The maximum atomic E-state index is 12.7. The monoisotopic (exact) mass is 430 g/mol. The summed E-state index contributed by atoms with van der Waals surface area (Å²) < 4.78 is 19.1. The number of esters is 1. The zero-order chi connectivity index (χ0) is 20.8. The molecule has 0 saturated carbocycles.